The zero-order valence-electron chi connectivity index (χ0n) is 17.3. The summed E-state index contributed by atoms with van der Waals surface area (Å²) >= 11 is 0. The summed E-state index contributed by atoms with van der Waals surface area (Å²) in [6.45, 7) is 10.6. The number of fused-ring (bicyclic) bond motifs is 1. The smallest absolute Gasteiger partial charge is 0.225 e. The fourth-order valence-corrected chi connectivity index (χ4v) is 4.26. The van der Waals surface area contributed by atoms with Crippen LogP contribution >= 0.6 is 0 Å². The molecule has 0 bridgehead atoms. The Morgan fingerprint density at radius 2 is 2.18 bits per heavy atom. The van der Waals surface area contributed by atoms with Gasteiger partial charge in [0.25, 0.3) is 0 Å². The maximum atomic E-state index is 12.9. The lowest BCUT2D eigenvalue weighted by Gasteiger charge is -2.29. The Morgan fingerprint density at radius 3 is 2.86 bits per heavy atom. The van der Waals surface area contributed by atoms with Gasteiger partial charge in [0.05, 0.1) is 23.5 Å². The van der Waals surface area contributed by atoms with Gasteiger partial charge in [-0.15, -0.1) is 0 Å². The Hall–Kier alpha value is -2.28. The van der Waals surface area contributed by atoms with Crippen LogP contribution in [-0.2, 0) is 17.8 Å². The summed E-state index contributed by atoms with van der Waals surface area (Å²) in [6.07, 6.45) is 5.47. The van der Waals surface area contributed by atoms with Crippen LogP contribution in [0.2, 0.25) is 0 Å². The molecule has 2 aromatic heterocycles. The van der Waals surface area contributed by atoms with E-state index in [1.165, 1.54) is 12.0 Å². The van der Waals surface area contributed by atoms with E-state index in [-0.39, 0.29) is 18.0 Å². The van der Waals surface area contributed by atoms with Gasteiger partial charge in [-0.05, 0) is 52.6 Å². The molecular formula is C21H30N6O. The molecule has 1 amide bonds. The zero-order valence-corrected chi connectivity index (χ0v) is 17.3. The molecule has 0 saturated carbocycles. The first-order chi connectivity index (χ1) is 13.4. The number of amides is 1. The predicted molar refractivity (Wildman–Crippen MR) is 107 cm³/mol. The molecule has 0 aliphatic carbocycles. The molecule has 2 atom stereocenters. The van der Waals surface area contributed by atoms with Crippen LogP contribution in [0.15, 0.2) is 6.20 Å². The summed E-state index contributed by atoms with van der Waals surface area (Å²) < 4.78 is 1.99. The van der Waals surface area contributed by atoms with Crippen LogP contribution in [0.5, 0.6) is 0 Å². The Balaban J connectivity index is 1.42. The molecule has 7 heteroatoms. The molecule has 1 saturated heterocycles. The van der Waals surface area contributed by atoms with Crippen molar-refractivity contribution in [2.75, 3.05) is 13.1 Å². The van der Waals surface area contributed by atoms with E-state index in [2.05, 4.69) is 36.2 Å². The molecule has 0 spiro atoms. The largest absolute Gasteiger partial charge is 0.338 e. The highest BCUT2D eigenvalue weighted by Crippen LogP contribution is 2.25. The Kier molecular flexibility index (Phi) is 5.19. The number of aromatic nitrogens is 4. The summed E-state index contributed by atoms with van der Waals surface area (Å²) in [6, 6.07) is 0.336. The molecule has 1 fully saturated rings. The van der Waals surface area contributed by atoms with Crippen molar-refractivity contribution in [2.24, 2.45) is 0 Å². The van der Waals surface area contributed by atoms with Gasteiger partial charge in [-0.2, -0.15) is 5.10 Å². The zero-order chi connectivity index (χ0) is 19.8. The minimum atomic E-state index is 0.0494. The molecule has 2 aliphatic heterocycles. The third-order valence-electron chi connectivity index (χ3n) is 6.25. The maximum absolute atomic E-state index is 12.9. The molecule has 2 aliphatic rings. The molecular weight excluding hydrogens is 352 g/mol. The molecule has 2 aromatic rings. The number of carbonyl (C=O) groups excluding carboxylic acids is 1. The molecule has 150 valence electrons. The third kappa shape index (κ3) is 3.55. The second-order valence-corrected chi connectivity index (χ2v) is 8.21. The van der Waals surface area contributed by atoms with Crippen molar-refractivity contribution in [2.45, 2.75) is 72.0 Å². The first-order valence-corrected chi connectivity index (χ1v) is 10.3. The van der Waals surface area contributed by atoms with E-state index in [0.29, 0.717) is 13.0 Å². The molecule has 2 unspecified atom stereocenters. The summed E-state index contributed by atoms with van der Waals surface area (Å²) in [5.41, 5.74) is 5.56. The van der Waals surface area contributed by atoms with Gasteiger partial charge in [-0.3, -0.25) is 9.48 Å². The normalized spacial score (nSPS) is 20.3. The SMILES string of the molecule is Cc1nn(C(C)CC(=O)N2CCc3nc(C4CCCN4)ncc3C2)c(C)c1C. The number of rotatable bonds is 4. The van der Waals surface area contributed by atoms with Crippen LogP contribution < -0.4 is 5.32 Å². The number of hydrogen-bond donors (Lipinski definition) is 1. The van der Waals surface area contributed by atoms with Crippen LogP contribution in [0.25, 0.3) is 0 Å². The monoisotopic (exact) mass is 382 g/mol. The van der Waals surface area contributed by atoms with Gasteiger partial charge in [0.2, 0.25) is 5.91 Å². The number of carbonyl (C=O) groups is 1. The van der Waals surface area contributed by atoms with Gasteiger partial charge >= 0.3 is 0 Å². The van der Waals surface area contributed by atoms with Crippen molar-refractivity contribution < 1.29 is 4.79 Å². The Labute approximate surface area is 166 Å². The molecule has 28 heavy (non-hydrogen) atoms. The van der Waals surface area contributed by atoms with Crippen molar-refractivity contribution >= 4 is 5.91 Å². The number of nitrogens with one attached hydrogen (secondary N) is 1. The number of nitrogens with zero attached hydrogens (tertiary/aromatic N) is 5. The Morgan fingerprint density at radius 1 is 1.36 bits per heavy atom. The molecule has 1 N–H and O–H groups in total. The van der Waals surface area contributed by atoms with E-state index in [4.69, 9.17) is 4.98 Å². The number of aryl methyl sites for hydroxylation is 1. The van der Waals surface area contributed by atoms with Crippen molar-refractivity contribution in [3.05, 3.63) is 40.2 Å². The average Bonchev–Trinajstić information content (AvgIpc) is 3.32. The van der Waals surface area contributed by atoms with Crippen LogP contribution in [0.3, 0.4) is 0 Å². The van der Waals surface area contributed by atoms with Gasteiger partial charge in [0.1, 0.15) is 5.82 Å². The first-order valence-electron chi connectivity index (χ1n) is 10.3. The van der Waals surface area contributed by atoms with Crippen molar-refractivity contribution in [1.82, 2.24) is 30.0 Å². The van der Waals surface area contributed by atoms with E-state index in [1.54, 1.807) is 0 Å². The average molecular weight is 383 g/mol. The van der Waals surface area contributed by atoms with Gasteiger partial charge in [0.15, 0.2) is 0 Å². The van der Waals surface area contributed by atoms with Crippen molar-refractivity contribution in [3.8, 4) is 0 Å². The molecule has 0 aromatic carbocycles. The van der Waals surface area contributed by atoms with Crippen LogP contribution in [0.1, 0.15) is 72.3 Å². The quantitative estimate of drug-likeness (QED) is 0.879. The molecule has 4 rings (SSSR count). The highest BCUT2D eigenvalue weighted by atomic mass is 16.2. The lowest BCUT2D eigenvalue weighted by molar-refractivity contribution is -0.133. The van der Waals surface area contributed by atoms with Gasteiger partial charge < -0.3 is 10.2 Å². The van der Waals surface area contributed by atoms with Gasteiger partial charge in [-0.1, -0.05) is 0 Å². The number of hydrogen-bond acceptors (Lipinski definition) is 5. The van der Waals surface area contributed by atoms with E-state index in [0.717, 1.165) is 54.4 Å². The van der Waals surface area contributed by atoms with Crippen LogP contribution in [-0.4, -0.2) is 43.6 Å². The van der Waals surface area contributed by atoms with E-state index < -0.39 is 0 Å². The standard InChI is InChI=1S/C21H30N6O/c1-13(27-16(4)14(2)15(3)25-27)10-20(28)26-9-7-18-17(12-26)11-23-21(24-18)19-6-5-8-22-19/h11,13,19,22H,5-10,12H2,1-4H3. The van der Waals surface area contributed by atoms with Gasteiger partial charge in [0, 0.05) is 43.4 Å². The van der Waals surface area contributed by atoms with Crippen LogP contribution in [0.4, 0.5) is 0 Å². The third-order valence-corrected chi connectivity index (χ3v) is 6.25. The predicted octanol–water partition coefficient (Wildman–Crippen LogP) is 2.56. The maximum Gasteiger partial charge on any atom is 0.225 e. The fraction of sp³-hybridized carbons (Fsp3) is 0.619. The summed E-state index contributed by atoms with van der Waals surface area (Å²) in [5.74, 6) is 1.08. The fourth-order valence-electron chi connectivity index (χ4n) is 4.26. The molecule has 7 nitrogen and oxygen atoms in total. The highest BCUT2D eigenvalue weighted by Gasteiger charge is 2.26. The van der Waals surface area contributed by atoms with E-state index >= 15 is 0 Å². The lowest BCUT2D eigenvalue weighted by Crippen LogP contribution is -2.37. The van der Waals surface area contributed by atoms with Crippen molar-refractivity contribution in [1.29, 1.82) is 0 Å². The second kappa shape index (κ2) is 7.62. The minimum absolute atomic E-state index is 0.0494. The van der Waals surface area contributed by atoms with E-state index in [1.807, 2.05) is 22.7 Å². The lowest BCUT2D eigenvalue weighted by atomic mass is 10.1. The second-order valence-electron chi connectivity index (χ2n) is 8.21. The molecule has 0 radical (unpaired) electrons. The first kappa shape index (κ1) is 19.1. The topological polar surface area (TPSA) is 75.9 Å². The Bertz CT molecular complexity index is 883. The molecule has 4 heterocycles. The van der Waals surface area contributed by atoms with Gasteiger partial charge in [-0.25, -0.2) is 9.97 Å². The van der Waals surface area contributed by atoms with E-state index in [9.17, 15) is 4.79 Å². The van der Waals surface area contributed by atoms with Crippen molar-refractivity contribution in [3.63, 3.8) is 0 Å². The highest BCUT2D eigenvalue weighted by molar-refractivity contribution is 5.77. The minimum Gasteiger partial charge on any atom is -0.338 e. The summed E-state index contributed by atoms with van der Waals surface area (Å²) in [7, 11) is 0. The summed E-state index contributed by atoms with van der Waals surface area (Å²) in [4.78, 5) is 24.2. The summed E-state index contributed by atoms with van der Waals surface area (Å²) in [5, 5.41) is 8.07. The van der Waals surface area contributed by atoms with Crippen LogP contribution in [0, 0.1) is 20.8 Å².